The first-order valence-corrected chi connectivity index (χ1v) is 11.3. The van der Waals surface area contributed by atoms with Crippen molar-refractivity contribution < 1.29 is 9.53 Å². The number of nitrogens with zero attached hydrogens (tertiary/aromatic N) is 3. The Labute approximate surface area is 169 Å². The van der Waals surface area contributed by atoms with Gasteiger partial charge in [-0.25, -0.2) is 4.98 Å². The molecule has 146 valence electrons. The van der Waals surface area contributed by atoms with Crippen molar-refractivity contribution >= 4 is 34.7 Å². The molecule has 0 saturated heterocycles. The van der Waals surface area contributed by atoms with Crippen LogP contribution in [0.2, 0.25) is 0 Å². The smallest absolute Gasteiger partial charge is 0.223 e. The Kier molecular flexibility index (Phi) is 7.01. The molecule has 0 saturated carbocycles. The maximum absolute atomic E-state index is 12.5. The summed E-state index contributed by atoms with van der Waals surface area (Å²) in [4.78, 5) is 21.0. The summed E-state index contributed by atoms with van der Waals surface area (Å²) in [5.41, 5.74) is 2.25. The second kappa shape index (κ2) is 9.46. The molecule has 0 spiro atoms. The largest absolute Gasteiger partial charge is 0.485 e. The number of hydrogen-bond acceptors (Lipinski definition) is 6. The number of amides is 1. The van der Waals surface area contributed by atoms with Gasteiger partial charge in [-0.2, -0.15) is 11.8 Å². The number of para-hydroxylation sites is 2. The average Bonchev–Trinajstić information content (AvgIpc) is 3.09. The number of rotatable bonds is 8. The van der Waals surface area contributed by atoms with Gasteiger partial charge >= 0.3 is 0 Å². The molecule has 0 N–H and O–H groups in total. The average molecular weight is 406 g/mol. The number of aryl methyl sites for hydroxylation is 1. The fourth-order valence-electron chi connectivity index (χ4n) is 3.18. The Morgan fingerprint density at radius 3 is 3.00 bits per heavy atom. The van der Waals surface area contributed by atoms with E-state index in [1.54, 1.807) is 28.0 Å². The van der Waals surface area contributed by atoms with Crippen molar-refractivity contribution in [2.45, 2.75) is 32.1 Å². The fraction of sp³-hybridized carbons (Fsp3) is 0.500. The molecule has 2 aromatic rings. The SMILES string of the molecule is CCN1C[C@H](CN(C)C(=O)CCSCc2csc(C)n2)Oc2ccccc21. The summed E-state index contributed by atoms with van der Waals surface area (Å²) in [5.74, 6) is 2.76. The van der Waals surface area contributed by atoms with E-state index >= 15 is 0 Å². The van der Waals surface area contributed by atoms with E-state index in [0.717, 1.165) is 46.7 Å². The molecule has 0 bridgehead atoms. The third-order valence-electron chi connectivity index (χ3n) is 4.59. The van der Waals surface area contributed by atoms with Gasteiger partial charge in [-0.1, -0.05) is 12.1 Å². The summed E-state index contributed by atoms with van der Waals surface area (Å²) in [5, 5.41) is 3.19. The number of likely N-dealkylation sites (N-methyl/N-ethyl adjacent to an activating group) is 2. The van der Waals surface area contributed by atoms with Crippen LogP contribution in [0.3, 0.4) is 0 Å². The quantitative estimate of drug-likeness (QED) is 0.625. The summed E-state index contributed by atoms with van der Waals surface area (Å²) in [6, 6.07) is 8.12. The number of thioether (sulfide) groups is 1. The van der Waals surface area contributed by atoms with E-state index in [4.69, 9.17) is 4.74 Å². The molecule has 0 aliphatic carbocycles. The van der Waals surface area contributed by atoms with E-state index in [1.807, 2.05) is 32.2 Å². The molecule has 5 nitrogen and oxygen atoms in total. The summed E-state index contributed by atoms with van der Waals surface area (Å²) < 4.78 is 6.12. The zero-order chi connectivity index (χ0) is 19.2. The van der Waals surface area contributed by atoms with E-state index in [9.17, 15) is 4.79 Å². The number of benzene rings is 1. The fourth-order valence-corrected chi connectivity index (χ4v) is 4.72. The molecule has 1 aliphatic heterocycles. The van der Waals surface area contributed by atoms with Gasteiger partial charge in [0.25, 0.3) is 0 Å². The molecule has 1 aromatic heterocycles. The Bertz CT molecular complexity index is 765. The van der Waals surface area contributed by atoms with Crippen LogP contribution in [0.4, 0.5) is 5.69 Å². The summed E-state index contributed by atoms with van der Waals surface area (Å²) in [6.45, 7) is 6.52. The van der Waals surface area contributed by atoms with E-state index in [-0.39, 0.29) is 12.0 Å². The maximum Gasteiger partial charge on any atom is 0.223 e. The van der Waals surface area contributed by atoms with E-state index in [2.05, 4.69) is 28.3 Å². The van der Waals surface area contributed by atoms with Crippen LogP contribution in [0.25, 0.3) is 0 Å². The molecule has 7 heteroatoms. The van der Waals surface area contributed by atoms with Gasteiger partial charge in [0.1, 0.15) is 11.9 Å². The lowest BCUT2D eigenvalue weighted by Gasteiger charge is -2.37. The van der Waals surface area contributed by atoms with Crippen molar-refractivity contribution in [2.75, 3.05) is 37.3 Å². The third kappa shape index (κ3) is 5.39. The molecule has 0 fully saturated rings. The summed E-state index contributed by atoms with van der Waals surface area (Å²) in [7, 11) is 1.87. The lowest BCUT2D eigenvalue weighted by Crippen LogP contribution is -2.46. The van der Waals surface area contributed by atoms with Crippen LogP contribution in [-0.2, 0) is 10.5 Å². The Morgan fingerprint density at radius 2 is 2.26 bits per heavy atom. The molecular formula is C20H27N3O2S2. The Morgan fingerprint density at radius 1 is 1.44 bits per heavy atom. The molecule has 1 atom stereocenters. The first-order chi connectivity index (χ1) is 13.1. The summed E-state index contributed by atoms with van der Waals surface area (Å²) >= 11 is 3.44. The molecule has 27 heavy (non-hydrogen) atoms. The number of aromatic nitrogens is 1. The number of ether oxygens (including phenoxy) is 1. The number of carbonyl (C=O) groups is 1. The standard InChI is InChI=1S/C20H27N3O2S2/c1-4-23-12-17(25-19-8-6-5-7-18(19)23)11-22(3)20(24)9-10-26-13-16-14-27-15(2)21-16/h5-8,14,17H,4,9-13H2,1-3H3/t17-/m0/s1. The molecule has 1 aliphatic rings. The number of carbonyl (C=O) groups excluding carboxylic acids is 1. The van der Waals surface area contributed by atoms with E-state index in [0.29, 0.717) is 13.0 Å². The highest BCUT2D eigenvalue weighted by Crippen LogP contribution is 2.32. The summed E-state index contributed by atoms with van der Waals surface area (Å²) in [6.07, 6.45) is 0.546. The zero-order valence-electron chi connectivity index (χ0n) is 16.2. The third-order valence-corrected chi connectivity index (χ3v) is 6.40. The van der Waals surface area contributed by atoms with E-state index in [1.165, 1.54) is 0 Å². The van der Waals surface area contributed by atoms with Crippen molar-refractivity contribution in [3.05, 3.63) is 40.3 Å². The normalized spacial score (nSPS) is 16.0. The maximum atomic E-state index is 12.5. The number of anilines is 1. The van der Waals surface area contributed by atoms with Gasteiger partial charge in [-0.3, -0.25) is 4.79 Å². The van der Waals surface area contributed by atoms with Crippen LogP contribution in [0.15, 0.2) is 29.6 Å². The molecule has 3 rings (SSSR count). The molecule has 0 unspecified atom stereocenters. The van der Waals surface area contributed by atoms with Gasteiger partial charge in [-0.05, 0) is 26.0 Å². The van der Waals surface area contributed by atoms with Crippen molar-refractivity contribution in [3.8, 4) is 5.75 Å². The zero-order valence-corrected chi connectivity index (χ0v) is 17.8. The van der Waals surface area contributed by atoms with Crippen LogP contribution < -0.4 is 9.64 Å². The predicted molar refractivity (Wildman–Crippen MR) is 114 cm³/mol. The van der Waals surface area contributed by atoms with Crippen LogP contribution in [0.5, 0.6) is 5.75 Å². The minimum absolute atomic E-state index is 0.000523. The monoisotopic (exact) mass is 405 g/mol. The second-order valence-corrected chi connectivity index (χ2v) is 8.85. The van der Waals surface area contributed by atoms with Gasteiger partial charge in [-0.15, -0.1) is 11.3 Å². The van der Waals surface area contributed by atoms with Gasteiger partial charge in [0.15, 0.2) is 0 Å². The van der Waals surface area contributed by atoms with Crippen molar-refractivity contribution in [3.63, 3.8) is 0 Å². The molecule has 2 heterocycles. The van der Waals surface area contributed by atoms with Crippen molar-refractivity contribution in [2.24, 2.45) is 0 Å². The lowest BCUT2D eigenvalue weighted by molar-refractivity contribution is -0.130. The molecule has 1 amide bonds. The van der Waals surface area contributed by atoms with E-state index < -0.39 is 0 Å². The number of hydrogen-bond donors (Lipinski definition) is 0. The van der Waals surface area contributed by atoms with Gasteiger partial charge in [0, 0.05) is 36.9 Å². The van der Waals surface area contributed by atoms with Crippen molar-refractivity contribution in [1.29, 1.82) is 0 Å². The highest BCUT2D eigenvalue weighted by atomic mass is 32.2. The van der Waals surface area contributed by atoms with Crippen LogP contribution in [0.1, 0.15) is 24.0 Å². The minimum Gasteiger partial charge on any atom is -0.485 e. The van der Waals surface area contributed by atoms with Gasteiger partial charge in [0.05, 0.1) is 29.5 Å². The molecular weight excluding hydrogens is 378 g/mol. The van der Waals surface area contributed by atoms with Crippen LogP contribution in [-0.4, -0.2) is 54.3 Å². The second-order valence-electron chi connectivity index (χ2n) is 6.68. The lowest BCUT2D eigenvalue weighted by atomic mass is 10.2. The van der Waals surface area contributed by atoms with Crippen LogP contribution >= 0.6 is 23.1 Å². The number of fused-ring (bicyclic) bond motifs is 1. The predicted octanol–water partition coefficient (Wildman–Crippen LogP) is 3.82. The first kappa shape index (κ1) is 20.0. The first-order valence-electron chi connectivity index (χ1n) is 9.30. The molecule has 0 radical (unpaired) electrons. The van der Waals surface area contributed by atoms with Crippen molar-refractivity contribution in [1.82, 2.24) is 9.88 Å². The highest BCUT2D eigenvalue weighted by Gasteiger charge is 2.26. The van der Waals surface area contributed by atoms with Gasteiger partial charge < -0.3 is 14.5 Å². The highest BCUT2D eigenvalue weighted by molar-refractivity contribution is 7.98. The number of thiazole rings is 1. The topological polar surface area (TPSA) is 45.7 Å². The Balaban J connectivity index is 1.44. The molecule has 1 aromatic carbocycles. The Hall–Kier alpha value is -1.73. The van der Waals surface area contributed by atoms with Gasteiger partial charge in [0.2, 0.25) is 5.91 Å². The van der Waals surface area contributed by atoms with Crippen LogP contribution in [0, 0.1) is 6.92 Å². The minimum atomic E-state index is -0.000523.